The molecule has 7 heteroatoms. The molecule has 94 valence electrons. The number of anilines is 1. The predicted octanol–water partition coefficient (Wildman–Crippen LogP) is 1.03. The van der Waals surface area contributed by atoms with Crippen LogP contribution >= 0.6 is 0 Å². The average Bonchev–Trinajstić information content (AvgIpc) is 2.75. The number of nitro groups is 1. The number of pyridine rings is 1. The van der Waals surface area contributed by atoms with Crippen molar-refractivity contribution in [3.8, 4) is 6.07 Å². The quantitative estimate of drug-likeness (QED) is 0.610. The van der Waals surface area contributed by atoms with Gasteiger partial charge in [-0.3, -0.25) is 10.1 Å². The second-order valence-corrected chi connectivity index (χ2v) is 4.54. The molecule has 1 fully saturated rings. The van der Waals surface area contributed by atoms with Crippen molar-refractivity contribution in [3.63, 3.8) is 0 Å². The molecule has 1 aliphatic heterocycles. The number of nitrogens with zero attached hydrogens (tertiary/aromatic N) is 3. The largest absolute Gasteiger partial charge is 0.358 e. The molecule has 1 atom stereocenters. The maximum Gasteiger partial charge on any atom is 0.328 e. The Bertz CT molecular complexity index is 517. The Balaban J connectivity index is 2.39. The summed E-state index contributed by atoms with van der Waals surface area (Å²) in [6, 6.07) is 3.16. The third-order valence-corrected chi connectivity index (χ3v) is 3.02. The van der Waals surface area contributed by atoms with Crippen LogP contribution in [-0.2, 0) is 0 Å². The first kappa shape index (κ1) is 12.3. The molecule has 0 aromatic carbocycles. The van der Waals surface area contributed by atoms with E-state index in [2.05, 4.69) is 15.6 Å². The van der Waals surface area contributed by atoms with Crippen LogP contribution in [0.25, 0.3) is 0 Å². The zero-order chi connectivity index (χ0) is 13.2. The number of nitrogens with one attached hydrogen (secondary N) is 2. The molecule has 2 rings (SSSR count). The molecule has 0 aliphatic carbocycles. The van der Waals surface area contributed by atoms with E-state index in [1.54, 1.807) is 0 Å². The van der Waals surface area contributed by atoms with E-state index in [1.807, 2.05) is 13.0 Å². The van der Waals surface area contributed by atoms with Crippen LogP contribution in [0.5, 0.6) is 0 Å². The van der Waals surface area contributed by atoms with Crippen molar-refractivity contribution >= 4 is 11.5 Å². The van der Waals surface area contributed by atoms with Crippen LogP contribution in [0.4, 0.5) is 11.5 Å². The third kappa shape index (κ3) is 2.24. The van der Waals surface area contributed by atoms with Crippen molar-refractivity contribution in [3.05, 3.63) is 27.9 Å². The Kier molecular flexibility index (Phi) is 3.12. The molecule has 18 heavy (non-hydrogen) atoms. The molecule has 0 radical (unpaired) electrons. The van der Waals surface area contributed by atoms with Crippen LogP contribution in [0, 0.1) is 21.4 Å². The van der Waals surface area contributed by atoms with Gasteiger partial charge in [-0.2, -0.15) is 5.26 Å². The second-order valence-electron chi connectivity index (χ2n) is 4.54. The summed E-state index contributed by atoms with van der Waals surface area (Å²) in [4.78, 5) is 14.5. The number of hydrogen-bond acceptors (Lipinski definition) is 6. The molecule has 1 aromatic heterocycles. The van der Waals surface area contributed by atoms with Crippen molar-refractivity contribution < 1.29 is 4.92 Å². The normalized spacial score (nSPS) is 22.4. The summed E-state index contributed by atoms with van der Waals surface area (Å²) in [7, 11) is 0. The molecule has 1 saturated heterocycles. The predicted molar refractivity (Wildman–Crippen MR) is 65.1 cm³/mol. The Labute approximate surface area is 104 Å². The highest BCUT2D eigenvalue weighted by Crippen LogP contribution is 2.29. The first-order valence-electron chi connectivity index (χ1n) is 5.58. The van der Waals surface area contributed by atoms with Crippen LogP contribution in [-0.4, -0.2) is 28.5 Å². The monoisotopic (exact) mass is 247 g/mol. The van der Waals surface area contributed by atoms with Crippen LogP contribution in [0.3, 0.4) is 0 Å². The van der Waals surface area contributed by atoms with Crippen molar-refractivity contribution in [2.75, 3.05) is 18.4 Å². The minimum absolute atomic E-state index is 0.0204. The van der Waals surface area contributed by atoms with Crippen molar-refractivity contribution in [2.45, 2.75) is 18.9 Å². The van der Waals surface area contributed by atoms with Gasteiger partial charge in [0.2, 0.25) is 5.82 Å². The van der Waals surface area contributed by atoms with E-state index < -0.39 is 4.92 Å². The van der Waals surface area contributed by atoms with Gasteiger partial charge in [0, 0.05) is 18.3 Å². The molecule has 0 amide bonds. The third-order valence-electron chi connectivity index (χ3n) is 3.02. The van der Waals surface area contributed by atoms with E-state index >= 15 is 0 Å². The molecular weight excluding hydrogens is 234 g/mol. The fourth-order valence-electron chi connectivity index (χ4n) is 2.03. The van der Waals surface area contributed by atoms with Crippen molar-refractivity contribution in [2.24, 2.45) is 0 Å². The van der Waals surface area contributed by atoms with Crippen LogP contribution < -0.4 is 10.6 Å². The summed E-state index contributed by atoms with van der Waals surface area (Å²) in [6.45, 7) is 3.54. The minimum Gasteiger partial charge on any atom is -0.358 e. The molecule has 0 saturated carbocycles. The molecular formula is C11H13N5O2. The number of rotatable bonds is 3. The standard InChI is InChI=1S/C11H13N5O2/c1-11(3-5-13-7-11)15-10-9(16(17)18)8(6-12)2-4-14-10/h2,4,13H,3,5,7H2,1H3,(H,14,15). The summed E-state index contributed by atoms with van der Waals surface area (Å²) in [5.41, 5.74) is -0.508. The highest BCUT2D eigenvalue weighted by Gasteiger charge is 2.32. The van der Waals surface area contributed by atoms with Gasteiger partial charge in [0.15, 0.2) is 0 Å². The Morgan fingerprint density at radius 3 is 3.06 bits per heavy atom. The van der Waals surface area contributed by atoms with Gasteiger partial charge >= 0.3 is 5.69 Å². The van der Waals surface area contributed by atoms with Gasteiger partial charge in [0.1, 0.15) is 11.6 Å². The summed E-state index contributed by atoms with van der Waals surface area (Å²) in [6.07, 6.45) is 2.25. The van der Waals surface area contributed by atoms with Crippen LogP contribution in [0.15, 0.2) is 12.3 Å². The molecule has 1 unspecified atom stereocenters. The number of aromatic nitrogens is 1. The van der Waals surface area contributed by atoms with E-state index in [4.69, 9.17) is 5.26 Å². The van der Waals surface area contributed by atoms with Gasteiger partial charge < -0.3 is 10.6 Å². The topological polar surface area (TPSA) is 104 Å². The smallest absolute Gasteiger partial charge is 0.328 e. The maximum absolute atomic E-state index is 11.0. The van der Waals surface area contributed by atoms with E-state index in [0.29, 0.717) is 6.54 Å². The van der Waals surface area contributed by atoms with Crippen LogP contribution in [0.2, 0.25) is 0 Å². The van der Waals surface area contributed by atoms with Gasteiger partial charge in [-0.25, -0.2) is 4.98 Å². The van der Waals surface area contributed by atoms with E-state index in [0.717, 1.165) is 13.0 Å². The first-order chi connectivity index (χ1) is 8.56. The molecule has 7 nitrogen and oxygen atoms in total. The number of hydrogen-bond donors (Lipinski definition) is 2. The fraction of sp³-hybridized carbons (Fsp3) is 0.455. The first-order valence-corrected chi connectivity index (χ1v) is 5.58. The highest BCUT2D eigenvalue weighted by atomic mass is 16.6. The zero-order valence-electron chi connectivity index (χ0n) is 9.93. The summed E-state index contributed by atoms with van der Waals surface area (Å²) < 4.78 is 0. The number of nitriles is 1. The van der Waals surface area contributed by atoms with Gasteiger partial charge in [-0.1, -0.05) is 0 Å². The fourth-order valence-corrected chi connectivity index (χ4v) is 2.03. The molecule has 1 aromatic rings. The van der Waals surface area contributed by atoms with E-state index in [-0.39, 0.29) is 22.6 Å². The summed E-state index contributed by atoms with van der Waals surface area (Å²) in [5, 5.41) is 26.2. The lowest BCUT2D eigenvalue weighted by atomic mass is 10.0. The van der Waals surface area contributed by atoms with Crippen LogP contribution in [0.1, 0.15) is 18.9 Å². The Morgan fingerprint density at radius 2 is 2.50 bits per heavy atom. The van der Waals surface area contributed by atoms with Crippen molar-refractivity contribution in [1.82, 2.24) is 10.3 Å². The molecule has 2 N–H and O–H groups in total. The summed E-state index contributed by atoms with van der Waals surface area (Å²) in [5.74, 6) is 0.158. The SMILES string of the molecule is CC1(Nc2nccc(C#N)c2[N+](=O)[O-])CCNC1. The van der Waals surface area contributed by atoms with Gasteiger partial charge in [-0.05, 0) is 26.0 Å². The van der Waals surface area contributed by atoms with Gasteiger partial charge in [-0.15, -0.1) is 0 Å². The Hall–Kier alpha value is -2.20. The molecule has 0 bridgehead atoms. The van der Waals surface area contributed by atoms with E-state index in [1.165, 1.54) is 12.3 Å². The molecule has 1 aliphatic rings. The summed E-state index contributed by atoms with van der Waals surface area (Å²) >= 11 is 0. The lowest BCUT2D eigenvalue weighted by Gasteiger charge is -2.24. The Morgan fingerprint density at radius 1 is 1.72 bits per heavy atom. The minimum atomic E-state index is -0.570. The zero-order valence-corrected chi connectivity index (χ0v) is 9.93. The average molecular weight is 247 g/mol. The molecule has 2 heterocycles. The highest BCUT2D eigenvalue weighted by molar-refractivity contribution is 5.65. The van der Waals surface area contributed by atoms with Gasteiger partial charge in [0.05, 0.1) is 4.92 Å². The lowest BCUT2D eigenvalue weighted by Crippen LogP contribution is -2.37. The molecule has 0 spiro atoms. The van der Waals surface area contributed by atoms with Crippen molar-refractivity contribution in [1.29, 1.82) is 5.26 Å². The van der Waals surface area contributed by atoms with E-state index in [9.17, 15) is 10.1 Å². The van der Waals surface area contributed by atoms with Gasteiger partial charge in [0.25, 0.3) is 0 Å². The maximum atomic E-state index is 11.0. The second kappa shape index (κ2) is 4.58. The lowest BCUT2D eigenvalue weighted by molar-refractivity contribution is -0.384.